The number of carbonyl (C=O) groups is 1. The number of rotatable bonds is 5. The minimum Gasteiger partial charge on any atom is -0.399 e. The van der Waals surface area contributed by atoms with Gasteiger partial charge in [0.25, 0.3) is 0 Å². The van der Waals surface area contributed by atoms with E-state index >= 15 is 0 Å². The second-order valence-corrected chi connectivity index (χ2v) is 4.93. The van der Waals surface area contributed by atoms with Crippen LogP contribution in [-0.4, -0.2) is 20.7 Å². The molecule has 0 saturated carbocycles. The monoisotopic (exact) mass is 287 g/mol. The molecule has 0 unspecified atom stereocenters. The van der Waals surface area contributed by atoms with Crippen molar-refractivity contribution in [2.75, 3.05) is 11.1 Å². The number of nitrogens with two attached hydrogens (primary N) is 1. The molecule has 1 amide bonds. The predicted molar refractivity (Wildman–Crippen MR) is 83.0 cm³/mol. The number of hydrogen-bond acceptors (Lipinski definition) is 4. The number of aromatic nitrogens is 3. The van der Waals surface area contributed by atoms with Crippen LogP contribution in [0, 0.1) is 6.92 Å². The Labute approximate surface area is 124 Å². The van der Waals surface area contributed by atoms with Crippen molar-refractivity contribution in [1.29, 1.82) is 0 Å². The van der Waals surface area contributed by atoms with Gasteiger partial charge in [-0.05, 0) is 30.7 Å². The minimum absolute atomic E-state index is 0.120. The van der Waals surface area contributed by atoms with Gasteiger partial charge in [0.05, 0.1) is 0 Å². The van der Waals surface area contributed by atoms with E-state index < -0.39 is 0 Å². The fourth-order valence-electron chi connectivity index (χ4n) is 2.12. The van der Waals surface area contributed by atoms with E-state index in [-0.39, 0.29) is 12.5 Å². The summed E-state index contributed by atoms with van der Waals surface area (Å²) in [7, 11) is 0. The Balaban J connectivity index is 2.09. The summed E-state index contributed by atoms with van der Waals surface area (Å²) in [6, 6.07) is 5.41. The molecule has 1 heterocycles. The summed E-state index contributed by atoms with van der Waals surface area (Å²) in [6.45, 7) is 6.08. The zero-order chi connectivity index (χ0) is 15.4. The van der Waals surface area contributed by atoms with Crippen LogP contribution >= 0.6 is 0 Å². The van der Waals surface area contributed by atoms with Crippen LogP contribution in [0.15, 0.2) is 18.2 Å². The Hall–Kier alpha value is -2.37. The molecule has 0 bridgehead atoms. The first-order chi connectivity index (χ1) is 10.0. The highest BCUT2D eigenvalue weighted by Crippen LogP contribution is 2.17. The second-order valence-electron chi connectivity index (χ2n) is 4.93. The van der Waals surface area contributed by atoms with Gasteiger partial charge in [-0.2, -0.15) is 5.10 Å². The quantitative estimate of drug-likeness (QED) is 0.823. The van der Waals surface area contributed by atoms with Crippen molar-refractivity contribution in [3.63, 3.8) is 0 Å². The van der Waals surface area contributed by atoms with Crippen molar-refractivity contribution in [3.05, 3.63) is 35.4 Å². The number of aryl methyl sites for hydroxylation is 3. The molecule has 6 nitrogen and oxygen atoms in total. The van der Waals surface area contributed by atoms with E-state index in [1.807, 2.05) is 32.9 Å². The van der Waals surface area contributed by atoms with Gasteiger partial charge in [-0.25, -0.2) is 9.67 Å². The maximum atomic E-state index is 12.2. The zero-order valence-electron chi connectivity index (χ0n) is 12.7. The molecule has 2 aromatic rings. The van der Waals surface area contributed by atoms with Crippen LogP contribution in [0.5, 0.6) is 0 Å². The number of amides is 1. The first-order valence-electron chi connectivity index (χ1n) is 7.12. The molecule has 0 fully saturated rings. The van der Waals surface area contributed by atoms with Gasteiger partial charge in [-0.3, -0.25) is 4.79 Å². The molecule has 0 saturated heterocycles. The van der Waals surface area contributed by atoms with Gasteiger partial charge in [0.1, 0.15) is 12.4 Å². The molecule has 0 aliphatic carbocycles. The Morgan fingerprint density at radius 1 is 1.33 bits per heavy atom. The Morgan fingerprint density at radius 3 is 2.71 bits per heavy atom. The first-order valence-corrected chi connectivity index (χ1v) is 7.12. The standard InChI is InChI=1S/C15H21N5O/c1-4-13-18-14(5-2)20(19-13)9-15(21)17-12-7-6-11(16)8-10(12)3/h6-8H,4-5,9,16H2,1-3H3,(H,17,21). The average Bonchev–Trinajstić information content (AvgIpc) is 2.84. The lowest BCUT2D eigenvalue weighted by Gasteiger charge is -2.09. The molecule has 2 rings (SSSR count). The van der Waals surface area contributed by atoms with Gasteiger partial charge >= 0.3 is 0 Å². The molecule has 0 aliphatic heterocycles. The van der Waals surface area contributed by atoms with Crippen LogP contribution < -0.4 is 11.1 Å². The molecule has 1 aromatic heterocycles. The maximum absolute atomic E-state index is 12.2. The van der Waals surface area contributed by atoms with Gasteiger partial charge in [0.15, 0.2) is 5.82 Å². The number of carbonyl (C=O) groups excluding carboxylic acids is 1. The SMILES string of the molecule is CCc1nc(CC)n(CC(=O)Nc2ccc(N)cc2C)n1. The number of hydrogen-bond donors (Lipinski definition) is 2. The third-order valence-corrected chi connectivity index (χ3v) is 3.24. The molecule has 0 atom stereocenters. The molecular formula is C15H21N5O. The molecule has 112 valence electrons. The van der Waals surface area contributed by atoms with Crippen LogP contribution in [0.4, 0.5) is 11.4 Å². The van der Waals surface area contributed by atoms with Crippen molar-refractivity contribution >= 4 is 17.3 Å². The summed E-state index contributed by atoms with van der Waals surface area (Å²) in [4.78, 5) is 16.5. The van der Waals surface area contributed by atoms with Crippen molar-refractivity contribution in [1.82, 2.24) is 14.8 Å². The van der Waals surface area contributed by atoms with Gasteiger partial charge in [0.2, 0.25) is 5.91 Å². The molecule has 1 aromatic carbocycles. The van der Waals surface area contributed by atoms with Crippen molar-refractivity contribution in [3.8, 4) is 0 Å². The number of nitrogens with one attached hydrogen (secondary N) is 1. The van der Waals surface area contributed by atoms with E-state index in [0.29, 0.717) is 5.69 Å². The van der Waals surface area contributed by atoms with Crippen molar-refractivity contribution in [2.24, 2.45) is 0 Å². The van der Waals surface area contributed by atoms with E-state index in [0.717, 1.165) is 35.7 Å². The lowest BCUT2D eigenvalue weighted by molar-refractivity contribution is -0.117. The largest absolute Gasteiger partial charge is 0.399 e. The number of benzene rings is 1. The van der Waals surface area contributed by atoms with Crippen LogP contribution in [0.3, 0.4) is 0 Å². The summed E-state index contributed by atoms with van der Waals surface area (Å²) in [6.07, 6.45) is 1.51. The van der Waals surface area contributed by atoms with Gasteiger partial charge in [0, 0.05) is 24.2 Å². The number of anilines is 2. The fraction of sp³-hybridized carbons (Fsp3) is 0.400. The highest BCUT2D eigenvalue weighted by atomic mass is 16.2. The molecule has 3 N–H and O–H groups in total. The molecule has 0 radical (unpaired) electrons. The maximum Gasteiger partial charge on any atom is 0.246 e. The van der Waals surface area contributed by atoms with E-state index in [1.165, 1.54) is 0 Å². The Morgan fingerprint density at radius 2 is 2.10 bits per heavy atom. The molecular weight excluding hydrogens is 266 g/mol. The third-order valence-electron chi connectivity index (χ3n) is 3.24. The summed E-state index contributed by atoms with van der Waals surface area (Å²) in [5, 5.41) is 7.22. The van der Waals surface area contributed by atoms with E-state index in [1.54, 1.807) is 10.7 Å². The predicted octanol–water partition coefficient (Wildman–Crippen LogP) is 1.93. The number of nitrogen functional groups attached to an aromatic ring is 1. The Bertz CT molecular complexity index is 648. The fourth-order valence-corrected chi connectivity index (χ4v) is 2.12. The normalized spacial score (nSPS) is 10.6. The van der Waals surface area contributed by atoms with Crippen molar-refractivity contribution in [2.45, 2.75) is 40.2 Å². The second kappa shape index (κ2) is 6.39. The Kier molecular flexibility index (Phi) is 4.57. The molecule has 0 aliphatic rings. The topological polar surface area (TPSA) is 85.8 Å². The average molecular weight is 287 g/mol. The lowest BCUT2D eigenvalue weighted by Crippen LogP contribution is -2.21. The minimum atomic E-state index is -0.120. The third kappa shape index (κ3) is 3.59. The van der Waals surface area contributed by atoms with E-state index in [2.05, 4.69) is 15.4 Å². The molecule has 6 heteroatoms. The van der Waals surface area contributed by atoms with Crippen LogP contribution in [0.25, 0.3) is 0 Å². The van der Waals surface area contributed by atoms with Gasteiger partial charge in [-0.1, -0.05) is 13.8 Å². The van der Waals surface area contributed by atoms with Gasteiger partial charge < -0.3 is 11.1 Å². The smallest absolute Gasteiger partial charge is 0.246 e. The summed E-state index contributed by atoms with van der Waals surface area (Å²) < 4.78 is 1.67. The highest BCUT2D eigenvalue weighted by Gasteiger charge is 2.12. The van der Waals surface area contributed by atoms with Crippen LogP contribution in [0.1, 0.15) is 31.1 Å². The van der Waals surface area contributed by atoms with Gasteiger partial charge in [-0.15, -0.1) is 0 Å². The summed E-state index contributed by atoms with van der Waals surface area (Å²) in [5.74, 6) is 1.48. The summed E-state index contributed by atoms with van der Waals surface area (Å²) in [5.41, 5.74) is 8.09. The summed E-state index contributed by atoms with van der Waals surface area (Å²) >= 11 is 0. The van der Waals surface area contributed by atoms with E-state index in [4.69, 9.17) is 5.73 Å². The van der Waals surface area contributed by atoms with Crippen molar-refractivity contribution < 1.29 is 4.79 Å². The van der Waals surface area contributed by atoms with E-state index in [9.17, 15) is 4.79 Å². The molecule has 0 spiro atoms. The highest BCUT2D eigenvalue weighted by molar-refractivity contribution is 5.91. The van der Waals surface area contributed by atoms with Crippen LogP contribution in [-0.2, 0) is 24.2 Å². The lowest BCUT2D eigenvalue weighted by atomic mass is 10.2. The zero-order valence-corrected chi connectivity index (χ0v) is 12.7. The number of nitrogens with zero attached hydrogens (tertiary/aromatic N) is 3. The first kappa shape index (κ1) is 15.0. The van der Waals surface area contributed by atoms with Crippen LogP contribution in [0.2, 0.25) is 0 Å². The molecule has 21 heavy (non-hydrogen) atoms.